The molecule has 2 aliphatic heterocycles. The SMILES string of the molecule is CC(=O)N1CC(NC(=O)c2ccc3c(c2)CC(C)(C)O3)C1. The summed E-state index contributed by atoms with van der Waals surface area (Å²) in [4.78, 5) is 25.1. The highest BCUT2D eigenvalue weighted by Crippen LogP contribution is 2.35. The summed E-state index contributed by atoms with van der Waals surface area (Å²) in [6, 6.07) is 5.61. The fourth-order valence-corrected chi connectivity index (χ4v) is 2.85. The molecule has 2 heterocycles. The third kappa shape index (κ3) is 2.73. The highest BCUT2D eigenvalue weighted by atomic mass is 16.5. The van der Waals surface area contributed by atoms with Gasteiger partial charge in [0.05, 0.1) is 6.04 Å². The molecule has 1 N–H and O–H groups in total. The van der Waals surface area contributed by atoms with E-state index < -0.39 is 0 Å². The van der Waals surface area contributed by atoms with Gasteiger partial charge in [0.2, 0.25) is 5.91 Å². The van der Waals surface area contributed by atoms with Crippen LogP contribution in [0.1, 0.15) is 36.7 Å². The van der Waals surface area contributed by atoms with Crippen molar-refractivity contribution >= 4 is 11.8 Å². The van der Waals surface area contributed by atoms with Crippen LogP contribution in [-0.2, 0) is 11.2 Å². The molecule has 1 aromatic carbocycles. The van der Waals surface area contributed by atoms with Gasteiger partial charge in [-0.15, -0.1) is 0 Å². The van der Waals surface area contributed by atoms with Gasteiger partial charge in [-0.25, -0.2) is 0 Å². The molecule has 2 amide bonds. The summed E-state index contributed by atoms with van der Waals surface area (Å²) < 4.78 is 5.81. The number of hydrogen-bond donors (Lipinski definition) is 1. The first-order chi connectivity index (χ1) is 9.84. The summed E-state index contributed by atoms with van der Waals surface area (Å²) in [7, 11) is 0. The molecule has 1 saturated heterocycles. The zero-order valence-electron chi connectivity index (χ0n) is 12.6. The number of nitrogens with one attached hydrogen (secondary N) is 1. The molecule has 0 spiro atoms. The van der Waals surface area contributed by atoms with E-state index in [1.165, 1.54) is 0 Å². The van der Waals surface area contributed by atoms with Gasteiger partial charge >= 0.3 is 0 Å². The quantitative estimate of drug-likeness (QED) is 0.894. The molecule has 5 heteroatoms. The molecule has 112 valence electrons. The summed E-state index contributed by atoms with van der Waals surface area (Å²) in [5.74, 6) is 0.830. The Morgan fingerprint density at radius 3 is 2.71 bits per heavy atom. The van der Waals surface area contributed by atoms with Crippen LogP contribution < -0.4 is 10.1 Å². The zero-order chi connectivity index (χ0) is 15.2. The van der Waals surface area contributed by atoms with Crippen molar-refractivity contribution in [1.29, 1.82) is 0 Å². The molecule has 3 rings (SSSR count). The largest absolute Gasteiger partial charge is 0.487 e. The third-order valence-corrected chi connectivity index (χ3v) is 3.99. The molecule has 0 aliphatic carbocycles. The Morgan fingerprint density at radius 2 is 2.05 bits per heavy atom. The van der Waals surface area contributed by atoms with Crippen LogP contribution >= 0.6 is 0 Å². The van der Waals surface area contributed by atoms with Gasteiger partial charge in [0.1, 0.15) is 11.4 Å². The molecular weight excluding hydrogens is 268 g/mol. The molecule has 5 nitrogen and oxygen atoms in total. The third-order valence-electron chi connectivity index (χ3n) is 3.99. The van der Waals surface area contributed by atoms with Gasteiger partial charge in [-0.05, 0) is 37.6 Å². The first-order valence-electron chi connectivity index (χ1n) is 7.22. The number of rotatable bonds is 2. The van der Waals surface area contributed by atoms with E-state index in [-0.39, 0.29) is 23.5 Å². The van der Waals surface area contributed by atoms with Gasteiger partial charge in [-0.3, -0.25) is 9.59 Å². The lowest BCUT2D eigenvalue weighted by atomic mass is 10.00. The lowest BCUT2D eigenvalue weighted by molar-refractivity contribution is -0.133. The Labute approximate surface area is 124 Å². The molecule has 2 aliphatic rings. The normalized spacial score (nSPS) is 19.5. The summed E-state index contributed by atoms with van der Waals surface area (Å²) in [6.07, 6.45) is 0.811. The highest BCUT2D eigenvalue weighted by molar-refractivity contribution is 5.95. The monoisotopic (exact) mass is 288 g/mol. The van der Waals surface area contributed by atoms with Crippen molar-refractivity contribution in [2.45, 2.75) is 38.8 Å². The van der Waals surface area contributed by atoms with Crippen molar-refractivity contribution in [3.8, 4) is 5.75 Å². The lowest BCUT2D eigenvalue weighted by Crippen LogP contribution is -2.60. The van der Waals surface area contributed by atoms with Gasteiger partial charge in [0.15, 0.2) is 0 Å². The first-order valence-corrected chi connectivity index (χ1v) is 7.22. The molecule has 21 heavy (non-hydrogen) atoms. The standard InChI is InChI=1S/C16H20N2O3/c1-10(19)18-8-13(9-18)17-15(20)11-4-5-14-12(6-11)7-16(2,3)21-14/h4-6,13H,7-9H2,1-3H3,(H,17,20). The van der Waals surface area contributed by atoms with Crippen molar-refractivity contribution < 1.29 is 14.3 Å². The molecule has 0 saturated carbocycles. The Bertz CT molecular complexity index is 604. The van der Waals surface area contributed by atoms with Crippen LogP contribution in [0.2, 0.25) is 0 Å². The summed E-state index contributed by atoms with van der Waals surface area (Å²) in [5.41, 5.74) is 1.52. The van der Waals surface area contributed by atoms with Crippen LogP contribution in [0, 0.1) is 0 Å². The van der Waals surface area contributed by atoms with E-state index in [1.807, 2.05) is 26.0 Å². The van der Waals surface area contributed by atoms with Crippen molar-refractivity contribution in [1.82, 2.24) is 10.2 Å². The minimum atomic E-state index is -0.201. The average Bonchev–Trinajstić information content (AvgIpc) is 2.64. The molecule has 0 aromatic heterocycles. The second-order valence-electron chi connectivity index (χ2n) is 6.46. The number of fused-ring (bicyclic) bond motifs is 1. The number of carbonyl (C=O) groups is 2. The summed E-state index contributed by atoms with van der Waals surface area (Å²) >= 11 is 0. The predicted molar refractivity (Wildman–Crippen MR) is 78.4 cm³/mol. The predicted octanol–water partition coefficient (Wildman–Crippen LogP) is 1.36. The van der Waals surface area contributed by atoms with E-state index in [4.69, 9.17) is 4.74 Å². The van der Waals surface area contributed by atoms with Crippen LogP contribution in [0.25, 0.3) is 0 Å². The van der Waals surface area contributed by atoms with E-state index in [0.717, 1.165) is 17.7 Å². The fraction of sp³-hybridized carbons (Fsp3) is 0.500. The highest BCUT2D eigenvalue weighted by Gasteiger charge is 2.32. The summed E-state index contributed by atoms with van der Waals surface area (Å²) in [5, 5.41) is 2.96. The molecule has 1 fully saturated rings. The van der Waals surface area contributed by atoms with Gasteiger partial charge in [0, 0.05) is 32.0 Å². The molecule has 1 aromatic rings. The maximum Gasteiger partial charge on any atom is 0.251 e. The van der Waals surface area contributed by atoms with Gasteiger partial charge in [0.25, 0.3) is 5.91 Å². The summed E-state index contributed by atoms with van der Waals surface area (Å²) in [6.45, 7) is 6.82. The van der Waals surface area contributed by atoms with Gasteiger partial charge in [-0.1, -0.05) is 0 Å². The minimum absolute atomic E-state index is 0.0532. The number of hydrogen-bond acceptors (Lipinski definition) is 3. The van der Waals surface area contributed by atoms with Crippen molar-refractivity contribution in [2.75, 3.05) is 13.1 Å². The van der Waals surface area contributed by atoms with Crippen LogP contribution in [0.3, 0.4) is 0 Å². The number of carbonyl (C=O) groups excluding carboxylic acids is 2. The second-order valence-corrected chi connectivity index (χ2v) is 6.46. The maximum atomic E-state index is 12.2. The molecule has 0 bridgehead atoms. The smallest absolute Gasteiger partial charge is 0.251 e. The average molecular weight is 288 g/mol. The maximum absolute atomic E-state index is 12.2. The van der Waals surface area contributed by atoms with Crippen molar-refractivity contribution in [2.24, 2.45) is 0 Å². The van der Waals surface area contributed by atoms with Gasteiger partial charge < -0.3 is 15.0 Å². The van der Waals surface area contributed by atoms with E-state index in [2.05, 4.69) is 5.32 Å². The minimum Gasteiger partial charge on any atom is -0.487 e. The number of nitrogens with zero attached hydrogens (tertiary/aromatic N) is 1. The molecule has 0 radical (unpaired) electrons. The van der Waals surface area contributed by atoms with Gasteiger partial charge in [-0.2, -0.15) is 0 Å². The van der Waals surface area contributed by atoms with Crippen molar-refractivity contribution in [3.63, 3.8) is 0 Å². The van der Waals surface area contributed by atoms with Crippen LogP contribution in [0.15, 0.2) is 18.2 Å². The number of benzene rings is 1. The molecule has 0 unspecified atom stereocenters. The Balaban J connectivity index is 1.63. The fourth-order valence-electron chi connectivity index (χ4n) is 2.85. The van der Waals surface area contributed by atoms with E-state index in [0.29, 0.717) is 18.7 Å². The van der Waals surface area contributed by atoms with Crippen molar-refractivity contribution in [3.05, 3.63) is 29.3 Å². The number of amides is 2. The number of ether oxygens (including phenoxy) is 1. The van der Waals surface area contributed by atoms with E-state index in [1.54, 1.807) is 17.9 Å². The Morgan fingerprint density at radius 1 is 1.33 bits per heavy atom. The zero-order valence-corrected chi connectivity index (χ0v) is 12.6. The lowest BCUT2D eigenvalue weighted by Gasteiger charge is -2.38. The van der Waals surface area contributed by atoms with Crippen LogP contribution in [-0.4, -0.2) is 41.4 Å². The van der Waals surface area contributed by atoms with Crippen LogP contribution in [0.4, 0.5) is 0 Å². The number of likely N-dealkylation sites (tertiary alicyclic amines) is 1. The molecule has 0 atom stereocenters. The Hall–Kier alpha value is -2.04. The Kier molecular flexibility index (Phi) is 3.15. The van der Waals surface area contributed by atoms with Crippen LogP contribution in [0.5, 0.6) is 5.75 Å². The molecular formula is C16H20N2O3. The topological polar surface area (TPSA) is 58.6 Å². The first kappa shape index (κ1) is 13.9. The second kappa shape index (κ2) is 4.76. The van der Waals surface area contributed by atoms with E-state index >= 15 is 0 Å². The van der Waals surface area contributed by atoms with E-state index in [9.17, 15) is 9.59 Å².